The Balaban J connectivity index is 1.71. The number of rotatable bonds is 4. The van der Waals surface area contributed by atoms with Gasteiger partial charge in [-0.3, -0.25) is 9.69 Å². The van der Waals surface area contributed by atoms with Gasteiger partial charge in [0.05, 0.1) is 16.8 Å². The van der Waals surface area contributed by atoms with Gasteiger partial charge in [-0.25, -0.2) is 0 Å². The van der Waals surface area contributed by atoms with Crippen LogP contribution in [-0.2, 0) is 4.79 Å². The zero-order chi connectivity index (χ0) is 15.5. The van der Waals surface area contributed by atoms with Crippen LogP contribution in [0.4, 0.5) is 5.69 Å². The second-order valence-electron chi connectivity index (χ2n) is 5.60. The van der Waals surface area contributed by atoms with Crippen LogP contribution in [0.1, 0.15) is 31.4 Å². The van der Waals surface area contributed by atoms with Gasteiger partial charge in [-0.2, -0.15) is 11.3 Å². The number of thiophene rings is 1. The van der Waals surface area contributed by atoms with Crippen LogP contribution in [-0.4, -0.2) is 23.4 Å². The molecule has 22 heavy (non-hydrogen) atoms. The third kappa shape index (κ3) is 3.19. The molecule has 116 valence electrons. The smallest absolute Gasteiger partial charge is 0.241 e. The summed E-state index contributed by atoms with van der Waals surface area (Å²) in [5.41, 5.74) is 1.99. The van der Waals surface area contributed by atoms with Gasteiger partial charge in [0.2, 0.25) is 5.91 Å². The average molecular weight is 335 g/mol. The number of halogens is 1. The molecule has 1 N–H and O–H groups in total. The molecule has 3 nitrogen and oxygen atoms in total. The first-order valence-corrected chi connectivity index (χ1v) is 8.82. The molecule has 1 saturated heterocycles. The maximum Gasteiger partial charge on any atom is 0.241 e. The number of benzene rings is 1. The average Bonchev–Trinajstić information content (AvgIpc) is 3.19. The van der Waals surface area contributed by atoms with Crippen LogP contribution in [0.5, 0.6) is 0 Å². The Morgan fingerprint density at radius 2 is 2.23 bits per heavy atom. The van der Waals surface area contributed by atoms with E-state index in [9.17, 15) is 4.79 Å². The van der Waals surface area contributed by atoms with E-state index in [1.165, 1.54) is 5.56 Å². The standard InChI is InChI=1S/C17H19ClN2OS/c1-12(17(21)19-15-6-3-2-5-14(15)18)20-9-4-7-16(20)13-8-10-22-11-13/h2-3,5-6,8,10-12,16H,4,7,9H2,1H3,(H,19,21)/t12-,16-/m0/s1. The number of amides is 1. The van der Waals surface area contributed by atoms with Gasteiger partial charge < -0.3 is 5.32 Å². The predicted octanol–water partition coefficient (Wildman–Crippen LogP) is 4.57. The van der Waals surface area contributed by atoms with Crippen molar-refractivity contribution < 1.29 is 4.79 Å². The fourth-order valence-corrected chi connectivity index (χ4v) is 3.92. The molecule has 1 amide bonds. The fourth-order valence-electron chi connectivity index (χ4n) is 3.03. The molecule has 5 heteroatoms. The van der Waals surface area contributed by atoms with Crippen molar-refractivity contribution in [3.05, 3.63) is 51.7 Å². The van der Waals surface area contributed by atoms with Crippen LogP contribution in [0, 0.1) is 0 Å². The van der Waals surface area contributed by atoms with Crippen molar-refractivity contribution >= 4 is 34.5 Å². The Kier molecular flexibility index (Phi) is 4.81. The highest BCUT2D eigenvalue weighted by Crippen LogP contribution is 2.35. The number of anilines is 1. The summed E-state index contributed by atoms with van der Waals surface area (Å²) in [5.74, 6) is -0.00442. The molecule has 0 radical (unpaired) electrons. The number of hydrogen-bond donors (Lipinski definition) is 1. The zero-order valence-electron chi connectivity index (χ0n) is 12.5. The molecule has 1 aromatic carbocycles. The first-order valence-electron chi connectivity index (χ1n) is 7.50. The molecular formula is C17H19ClN2OS. The topological polar surface area (TPSA) is 32.3 Å². The summed E-state index contributed by atoms with van der Waals surface area (Å²) in [4.78, 5) is 14.8. The summed E-state index contributed by atoms with van der Waals surface area (Å²) < 4.78 is 0. The highest BCUT2D eigenvalue weighted by atomic mass is 35.5. The van der Waals surface area contributed by atoms with Gasteiger partial charge in [0.15, 0.2) is 0 Å². The maximum absolute atomic E-state index is 12.6. The number of nitrogens with one attached hydrogen (secondary N) is 1. The van der Waals surface area contributed by atoms with E-state index in [4.69, 9.17) is 11.6 Å². The van der Waals surface area contributed by atoms with Crippen molar-refractivity contribution in [3.63, 3.8) is 0 Å². The molecular weight excluding hydrogens is 316 g/mol. The van der Waals surface area contributed by atoms with Crippen molar-refractivity contribution in [2.75, 3.05) is 11.9 Å². The molecule has 2 aromatic rings. The van der Waals surface area contributed by atoms with Crippen LogP contribution in [0.25, 0.3) is 0 Å². The van der Waals surface area contributed by atoms with E-state index in [1.54, 1.807) is 17.4 Å². The highest BCUT2D eigenvalue weighted by Gasteiger charge is 2.33. The minimum absolute atomic E-state index is 0.00442. The molecule has 0 saturated carbocycles. The molecule has 1 fully saturated rings. The molecule has 0 spiro atoms. The van der Waals surface area contributed by atoms with Crippen LogP contribution in [0.15, 0.2) is 41.1 Å². The Morgan fingerprint density at radius 3 is 2.95 bits per heavy atom. The Bertz CT molecular complexity index is 644. The van der Waals surface area contributed by atoms with E-state index in [1.807, 2.05) is 25.1 Å². The van der Waals surface area contributed by atoms with Crippen LogP contribution >= 0.6 is 22.9 Å². The quantitative estimate of drug-likeness (QED) is 0.888. The van der Waals surface area contributed by atoms with Crippen molar-refractivity contribution in [2.45, 2.75) is 31.8 Å². The van der Waals surface area contributed by atoms with E-state index in [-0.39, 0.29) is 11.9 Å². The zero-order valence-corrected chi connectivity index (χ0v) is 14.0. The van der Waals surface area contributed by atoms with Crippen LogP contribution in [0.3, 0.4) is 0 Å². The maximum atomic E-state index is 12.6. The van der Waals surface area contributed by atoms with E-state index in [0.717, 1.165) is 19.4 Å². The summed E-state index contributed by atoms with van der Waals surface area (Å²) in [6.07, 6.45) is 2.24. The molecule has 2 heterocycles. The van der Waals surface area contributed by atoms with Crippen molar-refractivity contribution in [1.29, 1.82) is 0 Å². The minimum atomic E-state index is -0.177. The number of hydrogen-bond acceptors (Lipinski definition) is 3. The summed E-state index contributed by atoms with van der Waals surface area (Å²) >= 11 is 7.82. The van der Waals surface area contributed by atoms with E-state index < -0.39 is 0 Å². The molecule has 0 unspecified atom stereocenters. The lowest BCUT2D eigenvalue weighted by atomic mass is 10.1. The third-order valence-corrected chi connectivity index (χ3v) is 5.26. The van der Waals surface area contributed by atoms with Crippen molar-refractivity contribution in [1.82, 2.24) is 4.90 Å². The summed E-state index contributed by atoms with van der Waals surface area (Å²) in [6.45, 7) is 2.93. The first-order chi connectivity index (χ1) is 10.7. The van der Waals surface area contributed by atoms with Gasteiger partial charge in [-0.05, 0) is 60.8 Å². The predicted molar refractivity (Wildman–Crippen MR) is 92.5 cm³/mol. The second kappa shape index (κ2) is 6.82. The molecule has 1 aromatic heterocycles. The molecule has 0 aliphatic carbocycles. The Morgan fingerprint density at radius 1 is 1.41 bits per heavy atom. The number of carbonyl (C=O) groups excluding carboxylic acids is 1. The monoisotopic (exact) mass is 334 g/mol. The van der Waals surface area contributed by atoms with Gasteiger partial charge in [0.1, 0.15) is 0 Å². The molecule has 3 rings (SSSR count). The largest absolute Gasteiger partial charge is 0.323 e. The highest BCUT2D eigenvalue weighted by molar-refractivity contribution is 7.07. The Labute approximate surface area is 139 Å². The lowest BCUT2D eigenvalue weighted by Crippen LogP contribution is -2.41. The normalized spacial score (nSPS) is 20.0. The van der Waals surface area contributed by atoms with E-state index in [2.05, 4.69) is 27.0 Å². The summed E-state index contributed by atoms with van der Waals surface area (Å²) in [5, 5.41) is 7.79. The second-order valence-corrected chi connectivity index (χ2v) is 6.78. The lowest BCUT2D eigenvalue weighted by molar-refractivity contribution is -0.121. The van der Waals surface area contributed by atoms with Crippen LogP contribution in [0.2, 0.25) is 5.02 Å². The number of nitrogens with zero attached hydrogens (tertiary/aromatic N) is 1. The minimum Gasteiger partial charge on any atom is -0.323 e. The number of likely N-dealkylation sites (tertiary alicyclic amines) is 1. The van der Waals surface area contributed by atoms with Gasteiger partial charge in [0.25, 0.3) is 0 Å². The molecule has 0 bridgehead atoms. The number of para-hydroxylation sites is 1. The van der Waals surface area contributed by atoms with Gasteiger partial charge in [0, 0.05) is 6.04 Å². The molecule has 1 aliphatic rings. The molecule has 1 aliphatic heterocycles. The third-order valence-electron chi connectivity index (χ3n) is 4.23. The first kappa shape index (κ1) is 15.5. The number of carbonyl (C=O) groups is 1. The lowest BCUT2D eigenvalue weighted by Gasteiger charge is -2.29. The fraction of sp³-hybridized carbons (Fsp3) is 0.353. The van der Waals surface area contributed by atoms with E-state index >= 15 is 0 Å². The molecule has 2 atom stereocenters. The van der Waals surface area contributed by atoms with Gasteiger partial charge in [-0.15, -0.1) is 0 Å². The van der Waals surface area contributed by atoms with Crippen molar-refractivity contribution in [2.24, 2.45) is 0 Å². The Hall–Kier alpha value is -1.36. The van der Waals surface area contributed by atoms with E-state index in [0.29, 0.717) is 16.8 Å². The summed E-state index contributed by atoms with van der Waals surface area (Å²) in [6, 6.07) is 9.66. The SMILES string of the molecule is C[C@@H](C(=O)Nc1ccccc1Cl)N1CCC[C@H]1c1ccsc1. The van der Waals surface area contributed by atoms with Crippen molar-refractivity contribution in [3.8, 4) is 0 Å². The summed E-state index contributed by atoms with van der Waals surface area (Å²) in [7, 11) is 0. The van der Waals surface area contributed by atoms with Crippen LogP contribution < -0.4 is 5.32 Å². The van der Waals surface area contributed by atoms with Gasteiger partial charge >= 0.3 is 0 Å². The van der Waals surface area contributed by atoms with Gasteiger partial charge in [-0.1, -0.05) is 23.7 Å².